The lowest BCUT2D eigenvalue weighted by atomic mass is 9.80. The molecule has 4 nitrogen and oxygen atoms in total. The first-order chi connectivity index (χ1) is 8.45. The van der Waals surface area contributed by atoms with Crippen molar-refractivity contribution in [2.24, 2.45) is 7.05 Å². The van der Waals surface area contributed by atoms with Crippen LogP contribution in [0.5, 0.6) is 0 Å². The van der Waals surface area contributed by atoms with Crippen molar-refractivity contribution >= 4 is 11.6 Å². The highest BCUT2D eigenvalue weighted by Gasteiger charge is 2.35. The van der Waals surface area contributed by atoms with Crippen LogP contribution in [0.4, 0.5) is 0 Å². The summed E-state index contributed by atoms with van der Waals surface area (Å²) in [4.78, 5) is 0. The number of halogens is 1. The van der Waals surface area contributed by atoms with Gasteiger partial charge in [0.25, 0.3) is 0 Å². The molecule has 1 aliphatic rings. The van der Waals surface area contributed by atoms with E-state index in [0.717, 1.165) is 37.1 Å². The van der Waals surface area contributed by atoms with Gasteiger partial charge in [0.2, 0.25) is 0 Å². The molecular weight excluding hydrogens is 252 g/mol. The lowest BCUT2D eigenvalue weighted by Gasteiger charge is -2.35. The van der Waals surface area contributed by atoms with Gasteiger partial charge in [-0.2, -0.15) is 5.10 Å². The number of aliphatic hydroxyl groups is 1. The van der Waals surface area contributed by atoms with Crippen LogP contribution >= 0.6 is 11.6 Å². The monoisotopic (exact) mass is 272 g/mol. The van der Waals surface area contributed by atoms with Crippen LogP contribution < -0.4 is 0 Å². The van der Waals surface area contributed by atoms with Crippen LogP contribution in [0.1, 0.15) is 37.1 Å². The third-order valence-corrected chi connectivity index (χ3v) is 4.45. The van der Waals surface area contributed by atoms with E-state index in [9.17, 15) is 5.11 Å². The molecule has 1 heterocycles. The van der Waals surface area contributed by atoms with Crippen LogP contribution in [0.15, 0.2) is 0 Å². The normalized spacial score (nSPS) is 28.6. The summed E-state index contributed by atoms with van der Waals surface area (Å²) >= 11 is 6.23. The zero-order chi connectivity index (χ0) is 13.3. The molecule has 18 heavy (non-hydrogen) atoms. The van der Waals surface area contributed by atoms with Crippen molar-refractivity contribution in [1.82, 2.24) is 9.78 Å². The molecule has 0 atom stereocenters. The molecule has 1 aromatic rings. The zero-order valence-corrected chi connectivity index (χ0v) is 12.0. The van der Waals surface area contributed by atoms with Crippen LogP contribution in [-0.2, 0) is 18.2 Å². The second-order valence-corrected chi connectivity index (χ2v) is 5.68. The Bertz CT molecular complexity index is 423. The molecule has 0 saturated heterocycles. The number of ether oxygens (including phenoxy) is 1. The van der Waals surface area contributed by atoms with Gasteiger partial charge in [-0.1, -0.05) is 11.6 Å². The van der Waals surface area contributed by atoms with Crippen LogP contribution in [0, 0.1) is 6.92 Å². The molecule has 0 amide bonds. The van der Waals surface area contributed by atoms with Crippen molar-refractivity contribution in [2.45, 2.75) is 50.7 Å². The molecule has 1 aliphatic carbocycles. The van der Waals surface area contributed by atoms with Gasteiger partial charge < -0.3 is 9.84 Å². The van der Waals surface area contributed by atoms with E-state index in [1.165, 1.54) is 0 Å². The fourth-order valence-electron chi connectivity index (χ4n) is 2.72. The summed E-state index contributed by atoms with van der Waals surface area (Å²) in [6.45, 7) is 1.89. The van der Waals surface area contributed by atoms with Crippen molar-refractivity contribution in [2.75, 3.05) is 7.11 Å². The van der Waals surface area contributed by atoms with Gasteiger partial charge in [0.15, 0.2) is 0 Å². The van der Waals surface area contributed by atoms with Gasteiger partial charge in [0.05, 0.1) is 28.1 Å². The highest BCUT2D eigenvalue weighted by molar-refractivity contribution is 6.31. The standard InChI is InChI=1S/C13H21ClN2O2/c1-9-12(14)11(16(2)15-9)8-13(17)6-4-10(18-3)5-7-13/h10,17H,4-8H2,1-3H3. The lowest BCUT2D eigenvalue weighted by Crippen LogP contribution is -2.38. The topological polar surface area (TPSA) is 47.3 Å². The zero-order valence-electron chi connectivity index (χ0n) is 11.2. The number of hydrogen-bond donors (Lipinski definition) is 1. The Kier molecular flexibility index (Phi) is 3.99. The molecule has 102 valence electrons. The summed E-state index contributed by atoms with van der Waals surface area (Å²) in [6, 6.07) is 0. The fraction of sp³-hybridized carbons (Fsp3) is 0.769. The van der Waals surface area contributed by atoms with E-state index in [1.807, 2.05) is 14.0 Å². The van der Waals surface area contributed by atoms with E-state index in [2.05, 4.69) is 5.10 Å². The maximum atomic E-state index is 10.6. The molecule has 0 unspecified atom stereocenters. The predicted molar refractivity (Wildman–Crippen MR) is 70.9 cm³/mol. The van der Waals surface area contributed by atoms with E-state index in [0.29, 0.717) is 11.4 Å². The number of aryl methyl sites for hydroxylation is 2. The minimum Gasteiger partial charge on any atom is -0.389 e. The quantitative estimate of drug-likeness (QED) is 0.918. The molecule has 0 radical (unpaired) electrons. The minimum absolute atomic E-state index is 0.286. The first-order valence-corrected chi connectivity index (χ1v) is 6.76. The third kappa shape index (κ3) is 2.71. The largest absolute Gasteiger partial charge is 0.389 e. The van der Waals surface area contributed by atoms with Crippen LogP contribution in [0.3, 0.4) is 0 Å². The average Bonchev–Trinajstić information content (AvgIpc) is 2.57. The minimum atomic E-state index is -0.668. The maximum absolute atomic E-state index is 10.6. The molecule has 1 N–H and O–H groups in total. The van der Waals surface area contributed by atoms with Gasteiger partial charge in [-0.15, -0.1) is 0 Å². The molecular formula is C13H21ClN2O2. The Morgan fingerprint density at radius 1 is 1.50 bits per heavy atom. The second-order valence-electron chi connectivity index (χ2n) is 5.31. The van der Waals surface area contributed by atoms with Gasteiger partial charge in [-0.05, 0) is 32.6 Å². The molecule has 0 bridgehead atoms. The fourth-order valence-corrected chi connectivity index (χ4v) is 2.95. The van der Waals surface area contributed by atoms with E-state index >= 15 is 0 Å². The van der Waals surface area contributed by atoms with Gasteiger partial charge in [-0.3, -0.25) is 4.68 Å². The summed E-state index contributed by atoms with van der Waals surface area (Å²) in [7, 11) is 3.61. The number of rotatable bonds is 3. The van der Waals surface area contributed by atoms with Crippen molar-refractivity contribution in [3.63, 3.8) is 0 Å². The van der Waals surface area contributed by atoms with Gasteiger partial charge >= 0.3 is 0 Å². The maximum Gasteiger partial charge on any atom is 0.0848 e. The van der Waals surface area contributed by atoms with E-state index < -0.39 is 5.60 Å². The van der Waals surface area contributed by atoms with Crippen LogP contribution in [-0.4, -0.2) is 33.7 Å². The van der Waals surface area contributed by atoms with Gasteiger partial charge in [0.1, 0.15) is 0 Å². The first kappa shape index (κ1) is 13.8. The molecule has 1 aromatic heterocycles. The summed E-state index contributed by atoms with van der Waals surface area (Å²) in [5.74, 6) is 0. The SMILES string of the molecule is COC1CCC(O)(Cc2c(Cl)c(C)nn2C)CC1. The van der Waals surface area contributed by atoms with Gasteiger partial charge in [0, 0.05) is 20.6 Å². The molecule has 1 fully saturated rings. The van der Waals surface area contributed by atoms with E-state index in [4.69, 9.17) is 16.3 Å². The van der Waals surface area contributed by atoms with Crippen molar-refractivity contribution < 1.29 is 9.84 Å². The average molecular weight is 273 g/mol. The Morgan fingerprint density at radius 3 is 2.56 bits per heavy atom. The Hall–Kier alpha value is -0.580. The smallest absolute Gasteiger partial charge is 0.0848 e. The number of hydrogen-bond acceptors (Lipinski definition) is 3. The number of nitrogens with zero attached hydrogens (tertiary/aromatic N) is 2. The van der Waals surface area contributed by atoms with Crippen molar-refractivity contribution in [1.29, 1.82) is 0 Å². The number of aromatic nitrogens is 2. The third-order valence-electron chi connectivity index (χ3n) is 3.95. The second kappa shape index (κ2) is 5.19. The van der Waals surface area contributed by atoms with Crippen LogP contribution in [0.2, 0.25) is 5.02 Å². The lowest BCUT2D eigenvalue weighted by molar-refractivity contribution is -0.0436. The number of methoxy groups -OCH3 is 1. The van der Waals surface area contributed by atoms with Gasteiger partial charge in [-0.25, -0.2) is 0 Å². The Balaban J connectivity index is 2.09. The molecule has 0 aromatic carbocycles. The Morgan fingerprint density at radius 2 is 2.11 bits per heavy atom. The molecule has 0 spiro atoms. The summed E-state index contributed by atoms with van der Waals surface area (Å²) in [5, 5.41) is 15.6. The summed E-state index contributed by atoms with van der Waals surface area (Å²) < 4.78 is 7.11. The van der Waals surface area contributed by atoms with Crippen LogP contribution in [0.25, 0.3) is 0 Å². The molecule has 2 rings (SSSR count). The summed E-state index contributed by atoms with van der Waals surface area (Å²) in [5.41, 5.74) is 1.08. The summed E-state index contributed by atoms with van der Waals surface area (Å²) in [6.07, 6.45) is 4.18. The van der Waals surface area contributed by atoms with Crippen molar-refractivity contribution in [3.05, 3.63) is 16.4 Å². The van der Waals surface area contributed by atoms with E-state index in [-0.39, 0.29) is 6.10 Å². The predicted octanol–water partition coefficient (Wildman–Crippen LogP) is 2.24. The van der Waals surface area contributed by atoms with Crippen molar-refractivity contribution in [3.8, 4) is 0 Å². The van der Waals surface area contributed by atoms with E-state index in [1.54, 1.807) is 11.8 Å². The Labute approximate surface area is 113 Å². The first-order valence-electron chi connectivity index (χ1n) is 6.38. The molecule has 5 heteroatoms. The molecule has 0 aliphatic heterocycles. The molecule has 1 saturated carbocycles. The highest BCUT2D eigenvalue weighted by Crippen LogP contribution is 2.34. The highest BCUT2D eigenvalue weighted by atomic mass is 35.5.